The van der Waals surface area contributed by atoms with Gasteiger partial charge in [-0.05, 0) is 89.1 Å². The topological polar surface area (TPSA) is 78.7 Å². The van der Waals surface area contributed by atoms with E-state index in [9.17, 15) is 0 Å². The molecule has 0 spiro atoms. The minimum Gasteiger partial charge on any atom is -0.661 e. The molecule has 9 heteroatoms. The fourth-order valence-electron chi connectivity index (χ4n) is 6.31. The van der Waals surface area contributed by atoms with E-state index in [0.717, 1.165) is 77.8 Å². The van der Waals surface area contributed by atoms with Gasteiger partial charge in [0.2, 0.25) is 0 Å². The van der Waals surface area contributed by atoms with E-state index in [1.165, 1.54) is 31.7 Å². The maximum atomic E-state index is 4.87. The molecule has 2 aliphatic rings. The number of nitrogens with zero attached hydrogens (tertiary/aromatic N) is 6. The van der Waals surface area contributed by atoms with E-state index in [0.29, 0.717) is 0 Å². The maximum absolute atomic E-state index is 4.87. The van der Waals surface area contributed by atoms with Crippen molar-refractivity contribution in [2.75, 3.05) is 0 Å². The van der Waals surface area contributed by atoms with E-state index >= 15 is 0 Å². The van der Waals surface area contributed by atoms with Crippen molar-refractivity contribution in [2.45, 2.75) is 55.4 Å². The molecule has 0 saturated carbocycles. The van der Waals surface area contributed by atoms with Crippen LogP contribution in [0.3, 0.4) is 0 Å². The summed E-state index contributed by atoms with van der Waals surface area (Å²) in [5.41, 5.74) is 16.9. The Morgan fingerprint density at radius 3 is 1.24 bits per heavy atom. The minimum absolute atomic E-state index is 0. The second kappa shape index (κ2) is 13.9. The van der Waals surface area contributed by atoms with Crippen LogP contribution in [0.1, 0.15) is 71.6 Å². The molecule has 0 bridgehead atoms. The standard InChI is InChI=1S/2C20H18N3S.Zn/c2*1-11-9-13(3)21-18(11)17(19-12(2)10-14(4)22-19)20-23-15-7-5-6-8-16(15)24-20;/h2*5-10H,1-4H3;/q2*-1;+2/b2*18-17+;. The zero-order valence-electron chi connectivity index (χ0n) is 29.1. The summed E-state index contributed by atoms with van der Waals surface area (Å²) in [6.45, 7) is 16.5. The van der Waals surface area contributed by atoms with Crippen LogP contribution in [0.4, 0.5) is 0 Å². The number of aryl methyl sites for hydroxylation is 4. The van der Waals surface area contributed by atoms with Crippen molar-refractivity contribution in [3.05, 3.63) is 139 Å². The Hall–Kier alpha value is -4.30. The van der Waals surface area contributed by atoms with Crippen LogP contribution in [-0.2, 0) is 19.5 Å². The van der Waals surface area contributed by atoms with Crippen molar-refractivity contribution in [1.82, 2.24) is 19.9 Å². The van der Waals surface area contributed by atoms with Gasteiger partial charge < -0.3 is 9.97 Å². The van der Waals surface area contributed by atoms with Gasteiger partial charge in [-0.2, -0.15) is 11.4 Å². The molecule has 0 N–H and O–H groups in total. The predicted molar refractivity (Wildman–Crippen MR) is 203 cm³/mol. The molecule has 2 aliphatic heterocycles. The van der Waals surface area contributed by atoms with Gasteiger partial charge in [0.05, 0.1) is 31.8 Å². The molecule has 0 amide bonds. The first-order valence-corrected chi connectivity index (χ1v) is 17.6. The third kappa shape index (κ3) is 6.80. The van der Waals surface area contributed by atoms with Gasteiger partial charge in [-0.1, -0.05) is 61.4 Å². The van der Waals surface area contributed by atoms with E-state index < -0.39 is 0 Å². The summed E-state index contributed by atoms with van der Waals surface area (Å²) >= 11 is 3.41. The van der Waals surface area contributed by atoms with Crippen LogP contribution in [0.2, 0.25) is 0 Å². The zero-order valence-corrected chi connectivity index (χ0v) is 33.7. The Labute approximate surface area is 308 Å². The molecule has 0 atom stereocenters. The third-order valence-electron chi connectivity index (χ3n) is 8.31. The number of hydrogen-bond donors (Lipinski definition) is 0. The molecule has 0 unspecified atom stereocenters. The van der Waals surface area contributed by atoms with Gasteiger partial charge in [-0.3, -0.25) is 9.98 Å². The van der Waals surface area contributed by atoms with Crippen LogP contribution in [0.25, 0.3) is 31.6 Å². The smallest absolute Gasteiger partial charge is 0.661 e. The summed E-state index contributed by atoms with van der Waals surface area (Å²) in [7, 11) is 0. The number of thiazole rings is 2. The summed E-state index contributed by atoms with van der Waals surface area (Å²) in [6.07, 6.45) is 4.24. The number of allylic oxidation sites excluding steroid dienone is 4. The summed E-state index contributed by atoms with van der Waals surface area (Å²) < 4.78 is 2.37. The molecule has 240 valence electrons. The van der Waals surface area contributed by atoms with E-state index in [-0.39, 0.29) is 19.5 Å². The van der Waals surface area contributed by atoms with Crippen molar-refractivity contribution < 1.29 is 19.5 Å². The van der Waals surface area contributed by atoms with Gasteiger partial charge in [-0.15, -0.1) is 34.1 Å². The van der Waals surface area contributed by atoms with E-state index in [1.807, 2.05) is 39.8 Å². The molecule has 49 heavy (non-hydrogen) atoms. The van der Waals surface area contributed by atoms with Crippen LogP contribution in [-0.4, -0.2) is 21.4 Å². The Kier molecular flexibility index (Phi) is 9.81. The van der Waals surface area contributed by atoms with Crippen LogP contribution < -0.4 is 9.97 Å². The van der Waals surface area contributed by atoms with Crippen LogP contribution in [0.15, 0.2) is 105 Å². The van der Waals surface area contributed by atoms with E-state index in [1.54, 1.807) is 22.7 Å². The van der Waals surface area contributed by atoms with Crippen molar-refractivity contribution in [3.8, 4) is 0 Å². The SMILES string of the molecule is CC1=CC(C)=N/C1=C(/c1nc2ccccc2s1)c1[n-]c(C)cc1C.CC1=CC(C)=N/C1=C(/c1nc2ccccc2s1)c1[n-]c(C)cc1C.[Zn+2]. The number of fused-ring (bicyclic) bond motifs is 2. The maximum Gasteiger partial charge on any atom is 2.00 e. The van der Waals surface area contributed by atoms with Crippen LogP contribution >= 0.6 is 22.7 Å². The quantitative estimate of drug-likeness (QED) is 0.169. The first-order valence-electron chi connectivity index (χ1n) is 16.0. The molecule has 0 aliphatic carbocycles. The molecule has 6 nitrogen and oxygen atoms in total. The van der Waals surface area contributed by atoms with Gasteiger partial charge in [0.1, 0.15) is 10.0 Å². The number of benzene rings is 2. The van der Waals surface area contributed by atoms with E-state index in [4.69, 9.17) is 29.9 Å². The van der Waals surface area contributed by atoms with Gasteiger partial charge in [0, 0.05) is 22.6 Å². The first-order chi connectivity index (χ1) is 23.0. The molecule has 8 rings (SSSR count). The first kappa shape index (κ1) is 34.6. The fraction of sp³-hybridized carbons (Fsp3) is 0.200. The molecule has 0 fully saturated rings. The largest absolute Gasteiger partial charge is 2.00 e. The van der Waals surface area contributed by atoms with Gasteiger partial charge in [0.15, 0.2) is 0 Å². The second-order valence-electron chi connectivity index (χ2n) is 12.4. The average Bonchev–Trinajstić information content (AvgIpc) is 3.88. The summed E-state index contributed by atoms with van der Waals surface area (Å²) in [5.74, 6) is 0. The monoisotopic (exact) mass is 728 g/mol. The summed E-state index contributed by atoms with van der Waals surface area (Å²) in [5, 5.41) is 1.97. The molecular weight excluding hydrogens is 694 g/mol. The third-order valence-corrected chi connectivity index (χ3v) is 10.4. The number of rotatable bonds is 4. The zero-order chi connectivity index (χ0) is 33.7. The molecule has 6 aromatic rings. The summed E-state index contributed by atoms with van der Waals surface area (Å²) in [6, 6.07) is 20.7. The fourth-order valence-corrected chi connectivity index (χ4v) is 8.34. The predicted octanol–water partition coefficient (Wildman–Crippen LogP) is 10.1. The number of hydrogen-bond acceptors (Lipinski definition) is 6. The minimum atomic E-state index is 0. The Morgan fingerprint density at radius 2 is 0.939 bits per heavy atom. The van der Waals surface area contributed by atoms with Crippen molar-refractivity contribution >= 4 is 65.7 Å². The molecule has 0 radical (unpaired) electrons. The molecule has 4 aromatic heterocycles. The second-order valence-corrected chi connectivity index (χ2v) is 14.5. The normalized spacial score (nSPS) is 16.2. The Balaban J connectivity index is 0.000000167. The van der Waals surface area contributed by atoms with Gasteiger partial charge in [-0.25, -0.2) is 9.97 Å². The molecule has 2 aromatic carbocycles. The average molecular weight is 730 g/mol. The van der Waals surface area contributed by atoms with Crippen LogP contribution in [0.5, 0.6) is 0 Å². The van der Waals surface area contributed by atoms with Gasteiger partial charge in [0.25, 0.3) is 0 Å². The van der Waals surface area contributed by atoms with Crippen molar-refractivity contribution in [2.24, 2.45) is 9.98 Å². The molecule has 6 heterocycles. The Bertz CT molecular complexity index is 2200. The number of para-hydroxylation sites is 2. The van der Waals surface area contributed by atoms with Crippen molar-refractivity contribution in [3.63, 3.8) is 0 Å². The molecular formula is C40H36N6S2Zn. The summed E-state index contributed by atoms with van der Waals surface area (Å²) in [4.78, 5) is 28.8. The number of aromatic nitrogens is 4. The van der Waals surface area contributed by atoms with Gasteiger partial charge >= 0.3 is 19.5 Å². The molecule has 0 saturated heterocycles. The van der Waals surface area contributed by atoms with E-state index in [2.05, 4.69) is 88.4 Å². The Morgan fingerprint density at radius 1 is 0.551 bits per heavy atom. The van der Waals surface area contributed by atoms with Crippen LogP contribution in [0, 0.1) is 27.7 Å². The van der Waals surface area contributed by atoms with Crippen molar-refractivity contribution in [1.29, 1.82) is 0 Å². The number of aliphatic imine (C=N–C) groups is 2.